The zero-order valence-electron chi connectivity index (χ0n) is 14.6. The molecule has 0 radical (unpaired) electrons. The number of methoxy groups -OCH3 is 1. The molecule has 1 aromatic carbocycles. The molecule has 7 heteroatoms. The lowest BCUT2D eigenvalue weighted by atomic mass is 10.1. The van der Waals surface area contributed by atoms with E-state index in [9.17, 15) is 9.90 Å². The minimum Gasteiger partial charge on any atom is -0.497 e. The third-order valence-corrected chi connectivity index (χ3v) is 4.59. The molecule has 1 aromatic heterocycles. The Kier molecular flexibility index (Phi) is 5.23. The SMILES string of the molecule is COc1ccc([C@@H](NC(=O)N2CCC(O)CC2)c2nccn2C)cc1. The van der Waals surface area contributed by atoms with Crippen molar-refractivity contribution in [1.82, 2.24) is 19.8 Å². The van der Waals surface area contributed by atoms with Gasteiger partial charge in [-0.05, 0) is 30.5 Å². The molecule has 0 aliphatic carbocycles. The molecule has 1 atom stereocenters. The summed E-state index contributed by atoms with van der Waals surface area (Å²) < 4.78 is 7.11. The fraction of sp³-hybridized carbons (Fsp3) is 0.444. The van der Waals surface area contributed by atoms with E-state index in [2.05, 4.69) is 10.3 Å². The highest BCUT2D eigenvalue weighted by Crippen LogP contribution is 2.23. The molecule has 1 aliphatic heterocycles. The van der Waals surface area contributed by atoms with Crippen LogP contribution in [0.3, 0.4) is 0 Å². The second-order valence-corrected chi connectivity index (χ2v) is 6.27. The Morgan fingerprint density at radius 1 is 1.32 bits per heavy atom. The summed E-state index contributed by atoms with van der Waals surface area (Å²) in [6, 6.07) is 7.10. The maximum atomic E-state index is 12.7. The molecule has 0 spiro atoms. The predicted octanol–water partition coefficient (Wildman–Crippen LogP) is 1.68. The van der Waals surface area contributed by atoms with Crippen molar-refractivity contribution in [2.24, 2.45) is 7.05 Å². The molecule has 1 saturated heterocycles. The Balaban J connectivity index is 1.81. The van der Waals surface area contributed by atoms with Gasteiger partial charge >= 0.3 is 6.03 Å². The fourth-order valence-corrected chi connectivity index (χ4v) is 3.03. The van der Waals surface area contributed by atoms with Crippen molar-refractivity contribution in [3.63, 3.8) is 0 Å². The van der Waals surface area contributed by atoms with E-state index in [1.807, 2.05) is 42.1 Å². The molecule has 2 heterocycles. The van der Waals surface area contributed by atoms with Crippen molar-refractivity contribution in [1.29, 1.82) is 0 Å². The average molecular weight is 344 g/mol. The zero-order chi connectivity index (χ0) is 17.8. The number of aliphatic hydroxyl groups is 1. The summed E-state index contributed by atoms with van der Waals surface area (Å²) in [5.41, 5.74) is 0.931. The highest BCUT2D eigenvalue weighted by atomic mass is 16.5. The van der Waals surface area contributed by atoms with Gasteiger partial charge in [-0.3, -0.25) is 0 Å². The number of nitrogens with zero attached hydrogens (tertiary/aromatic N) is 3. The van der Waals surface area contributed by atoms with E-state index in [0.29, 0.717) is 25.9 Å². The van der Waals surface area contributed by atoms with Gasteiger partial charge in [-0.15, -0.1) is 0 Å². The highest BCUT2D eigenvalue weighted by Gasteiger charge is 2.26. The van der Waals surface area contributed by atoms with Crippen LogP contribution < -0.4 is 10.1 Å². The molecule has 134 valence electrons. The fourth-order valence-electron chi connectivity index (χ4n) is 3.03. The molecule has 0 bridgehead atoms. The summed E-state index contributed by atoms with van der Waals surface area (Å²) in [5, 5.41) is 12.7. The molecular weight excluding hydrogens is 320 g/mol. The van der Waals surface area contributed by atoms with E-state index >= 15 is 0 Å². The van der Waals surface area contributed by atoms with E-state index in [0.717, 1.165) is 17.1 Å². The number of urea groups is 1. The lowest BCUT2D eigenvalue weighted by Gasteiger charge is -2.31. The average Bonchev–Trinajstić information content (AvgIpc) is 3.06. The number of carbonyl (C=O) groups is 1. The molecule has 0 saturated carbocycles. The van der Waals surface area contributed by atoms with Crippen molar-refractivity contribution < 1.29 is 14.6 Å². The summed E-state index contributed by atoms with van der Waals surface area (Å²) in [6.07, 6.45) is 4.49. The number of rotatable bonds is 4. The number of aryl methyl sites for hydroxylation is 1. The van der Waals surface area contributed by atoms with Crippen LogP contribution >= 0.6 is 0 Å². The van der Waals surface area contributed by atoms with Crippen LogP contribution in [0, 0.1) is 0 Å². The molecule has 1 fully saturated rings. The zero-order valence-corrected chi connectivity index (χ0v) is 14.6. The van der Waals surface area contributed by atoms with Gasteiger partial charge in [0.1, 0.15) is 17.6 Å². The summed E-state index contributed by atoms with van der Waals surface area (Å²) in [5.74, 6) is 1.52. The number of imidazole rings is 1. The van der Waals surface area contributed by atoms with Gasteiger partial charge in [0.15, 0.2) is 0 Å². The first-order valence-corrected chi connectivity index (χ1v) is 8.43. The number of likely N-dealkylation sites (tertiary alicyclic amines) is 1. The van der Waals surface area contributed by atoms with Gasteiger partial charge in [0.25, 0.3) is 0 Å². The highest BCUT2D eigenvalue weighted by molar-refractivity contribution is 5.75. The maximum Gasteiger partial charge on any atom is 0.318 e. The van der Waals surface area contributed by atoms with Crippen LogP contribution in [-0.2, 0) is 7.05 Å². The molecule has 7 nitrogen and oxygen atoms in total. The second kappa shape index (κ2) is 7.57. The standard InChI is InChI=1S/C18H24N4O3/c1-21-12-9-19-17(21)16(13-3-5-15(25-2)6-4-13)20-18(24)22-10-7-14(23)8-11-22/h3-6,9,12,14,16,23H,7-8,10-11H2,1-2H3,(H,20,24)/t16-/m1/s1. The van der Waals surface area contributed by atoms with Crippen LogP contribution in [0.2, 0.25) is 0 Å². The normalized spacial score (nSPS) is 16.5. The van der Waals surface area contributed by atoms with Crippen molar-refractivity contribution in [2.45, 2.75) is 25.0 Å². The van der Waals surface area contributed by atoms with Crippen LogP contribution in [0.1, 0.15) is 30.3 Å². The number of carbonyl (C=O) groups excluding carboxylic acids is 1. The molecule has 3 rings (SSSR count). The monoisotopic (exact) mass is 344 g/mol. The van der Waals surface area contributed by atoms with Gasteiger partial charge < -0.3 is 24.6 Å². The van der Waals surface area contributed by atoms with Gasteiger partial charge in [-0.25, -0.2) is 9.78 Å². The first-order valence-electron chi connectivity index (χ1n) is 8.43. The Bertz CT molecular complexity index is 705. The second-order valence-electron chi connectivity index (χ2n) is 6.27. The minimum absolute atomic E-state index is 0.143. The summed E-state index contributed by atoms with van der Waals surface area (Å²) in [7, 11) is 3.53. The van der Waals surface area contributed by atoms with Crippen molar-refractivity contribution >= 4 is 6.03 Å². The number of amides is 2. The Morgan fingerprint density at radius 2 is 2.00 bits per heavy atom. The number of nitrogens with one attached hydrogen (secondary N) is 1. The van der Waals surface area contributed by atoms with Crippen molar-refractivity contribution in [3.05, 3.63) is 48.0 Å². The molecular formula is C18H24N4O3. The maximum absolute atomic E-state index is 12.7. The number of piperidine rings is 1. The lowest BCUT2D eigenvalue weighted by molar-refractivity contribution is 0.0931. The number of aliphatic hydroxyl groups excluding tert-OH is 1. The molecule has 2 amide bonds. The minimum atomic E-state index is -0.356. The molecule has 1 aliphatic rings. The number of aromatic nitrogens is 2. The van der Waals surface area contributed by atoms with Gasteiger partial charge in [-0.1, -0.05) is 12.1 Å². The Morgan fingerprint density at radius 3 is 2.56 bits per heavy atom. The van der Waals surface area contributed by atoms with E-state index in [1.165, 1.54) is 0 Å². The van der Waals surface area contributed by atoms with Crippen LogP contribution in [-0.4, -0.2) is 51.9 Å². The number of hydrogen-bond acceptors (Lipinski definition) is 4. The number of ether oxygens (including phenoxy) is 1. The largest absolute Gasteiger partial charge is 0.497 e. The van der Waals surface area contributed by atoms with Gasteiger partial charge in [-0.2, -0.15) is 0 Å². The molecule has 25 heavy (non-hydrogen) atoms. The molecule has 2 aromatic rings. The van der Waals surface area contributed by atoms with E-state index in [-0.39, 0.29) is 18.2 Å². The quantitative estimate of drug-likeness (QED) is 0.884. The Labute approximate surface area is 147 Å². The first-order chi connectivity index (χ1) is 12.1. The van der Waals surface area contributed by atoms with Crippen molar-refractivity contribution in [3.8, 4) is 5.75 Å². The van der Waals surface area contributed by atoms with Crippen LogP contribution in [0.5, 0.6) is 5.75 Å². The third kappa shape index (κ3) is 3.93. The first kappa shape index (κ1) is 17.3. The van der Waals surface area contributed by atoms with Gasteiger partial charge in [0, 0.05) is 32.5 Å². The third-order valence-electron chi connectivity index (χ3n) is 4.59. The lowest BCUT2D eigenvalue weighted by Crippen LogP contribution is -2.47. The van der Waals surface area contributed by atoms with Gasteiger partial charge in [0.2, 0.25) is 0 Å². The number of hydrogen-bond donors (Lipinski definition) is 2. The number of benzene rings is 1. The van der Waals surface area contributed by atoms with Gasteiger partial charge in [0.05, 0.1) is 13.2 Å². The smallest absolute Gasteiger partial charge is 0.318 e. The van der Waals surface area contributed by atoms with E-state index in [4.69, 9.17) is 4.74 Å². The topological polar surface area (TPSA) is 79.6 Å². The predicted molar refractivity (Wildman–Crippen MR) is 93.4 cm³/mol. The molecule has 0 unspecified atom stereocenters. The van der Waals surface area contributed by atoms with E-state index < -0.39 is 0 Å². The summed E-state index contributed by atoms with van der Waals surface area (Å²) in [4.78, 5) is 18.8. The van der Waals surface area contributed by atoms with E-state index in [1.54, 1.807) is 18.2 Å². The summed E-state index contributed by atoms with van der Waals surface area (Å²) in [6.45, 7) is 1.12. The molecule has 2 N–H and O–H groups in total. The van der Waals surface area contributed by atoms with Crippen LogP contribution in [0.4, 0.5) is 4.79 Å². The van der Waals surface area contributed by atoms with Crippen LogP contribution in [0.15, 0.2) is 36.7 Å². The van der Waals surface area contributed by atoms with Crippen molar-refractivity contribution in [2.75, 3.05) is 20.2 Å². The summed E-state index contributed by atoms with van der Waals surface area (Å²) >= 11 is 0. The van der Waals surface area contributed by atoms with Crippen LogP contribution in [0.25, 0.3) is 0 Å². The Hall–Kier alpha value is -2.54.